The molecule has 6 heteroatoms. The fourth-order valence-corrected chi connectivity index (χ4v) is 2.15. The number of carboxylic acids is 1. The summed E-state index contributed by atoms with van der Waals surface area (Å²) in [6.45, 7) is 4.03. The van der Waals surface area contributed by atoms with E-state index in [2.05, 4.69) is 5.32 Å². The van der Waals surface area contributed by atoms with E-state index in [0.29, 0.717) is 17.1 Å². The molecule has 1 atom stereocenters. The van der Waals surface area contributed by atoms with E-state index in [4.69, 9.17) is 16.7 Å². The van der Waals surface area contributed by atoms with Crippen molar-refractivity contribution < 1.29 is 14.7 Å². The van der Waals surface area contributed by atoms with Gasteiger partial charge in [-0.15, -0.1) is 0 Å². The monoisotopic (exact) mass is 286 g/mol. The minimum Gasteiger partial charge on any atom is -0.481 e. The van der Waals surface area contributed by atoms with Gasteiger partial charge in [-0.05, 0) is 18.4 Å². The Kier molecular flexibility index (Phi) is 5.42. The minimum atomic E-state index is -0.890. The van der Waals surface area contributed by atoms with Crippen molar-refractivity contribution in [2.45, 2.75) is 20.3 Å². The summed E-state index contributed by atoms with van der Waals surface area (Å²) in [6, 6.07) is 1.55. The summed E-state index contributed by atoms with van der Waals surface area (Å²) >= 11 is 5.80. The molecule has 1 aromatic heterocycles. The van der Waals surface area contributed by atoms with Crippen molar-refractivity contribution in [3.8, 4) is 0 Å². The summed E-state index contributed by atoms with van der Waals surface area (Å²) in [7, 11) is 1.71. The van der Waals surface area contributed by atoms with Crippen LogP contribution in [0.3, 0.4) is 0 Å². The van der Waals surface area contributed by atoms with Crippen LogP contribution in [-0.2, 0) is 11.8 Å². The van der Waals surface area contributed by atoms with Gasteiger partial charge in [0.15, 0.2) is 0 Å². The third-order valence-electron chi connectivity index (χ3n) is 2.82. The molecule has 0 saturated heterocycles. The molecule has 0 aromatic carbocycles. The highest BCUT2D eigenvalue weighted by Gasteiger charge is 2.20. The Bertz CT molecular complexity index is 468. The zero-order valence-electron chi connectivity index (χ0n) is 11.3. The van der Waals surface area contributed by atoms with Gasteiger partial charge in [-0.2, -0.15) is 0 Å². The van der Waals surface area contributed by atoms with Gasteiger partial charge in [0.25, 0.3) is 5.91 Å². The van der Waals surface area contributed by atoms with E-state index in [1.54, 1.807) is 23.9 Å². The lowest BCUT2D eigenvalue weighted by Gasteiger charge is -2.15. The zero-order chi connectivity index (χ0) is 14.6. The molecule has 0 saturated carbocycles. The lowest BCUT2D eigenvalue weighted by atomic mass is 9.97. The van der Waals surface area contributed by atoms with Crippen LogP contribution in [0, 0.1) is 11.8 Å². The summed E-state index contributed by atoms with van der Waals surface area (Å²) < 4.78 is 1.61. The molecule has 1 amide bonds. The second-order valence-electron chi connectivity index (χ2n) is 5.03. The van der Waals surface area contributed by atoms with Gasteiger partial charge in [0.1, 0.15) is 5.69 Å². The predicted molar refractivity (Wildman–Crippen MR) is 73.3 cm³/mol. The summed E-state index contributed by atoms with van der Waals surface area (Å²) in [6.07, 6.45) is 2.16. The molecular formula is C13H19ClN2O3. The van der Waals surface area contributed by atoms with Crippen LogP contribution in [0.1, 0.15) is 30.8 Å². The predicted octanol–water partition coefficient (Wildman–Crippen LogP) is 2.16. The van der Waals surface area contributed by atoms with Crippen LogP contribution in [0.25, 0.3) is 0 Å². The maximum atomic E-state index is 11.9. The normalized spacial score (nSPS) is 12.5. The molecule has 5 nitrogen and oxygen atoms in total. The lowest BCUT2D eigenvalue weighted by molar-refractivity contribution is -0.142. The number of aryl methyl sites for hydroxylation is 1. The van der Waals surface area contributed by atoms with E-state index < -0.39 is 11.9 Å². The van der Waals surface area contributed by atoms with Gasteiger partial charge in [-0.1, -0.05) is 25.4 Å². The number of carboxylic acid groups (broad SMARTS) is 1. The summed E-state index contributed by atoms with van der Waals surface area (Å²) in [5.74, 6) is -1.51. The van der Waals surface area contributed by atoms with Crippen molar-refractivity contribution in [2.75, 3.05) is 6.54 Å². The lowest BCUT2D eigenvalue weighted by Crippen LogP contribution is -2.34. The Hall–Kier alpha value is -1.49. The second kappa shape index (κ2) is 6.61. The fraction of sp³-hybridized carbons (Fsp3) is 0.538. The first-order valence-corrected chi connectivity index (χ1v) is 6.52. The van der Waals surface area contributed by atoms with E-state index >= 15 is 0 Å². The molecule has 0 spiro atoms. The molecule has 19 heavy (non-hydrogen) atoms. The molecule has 0 bridgehead atoms. The number of carbonyl (C=O) groups is 2. The summed E-state index contributed by atoms with van der Waals surface area (Å²) in [5, 5.41) is 12.2. The first kappa shape index (κ1) is 15.6. The standard InChI is InChI=1S/C13H19ClN2O3/c1-8(2)4-9(13(18)19)6-15-12(17)11-5-10(14)7-16(11)3/h5,7-9H,4,6H2,1-3H3,(H,15,17)(H,18,19). The van der Waals surface area contributed by atoms with Crippen molar-refractivity contribution in [3.05, 3.63) is 23.0 Å². The molecule has 1 heterocycles. The van der Waals surface area contributed by atoms with Crippen LogP contribution in [0.2, 0.25) is 5.02 Å². The van der Waals surface area contributed by atoms with Crippen molar-refractivity contribution in [3.63, 3.8) is 0 Å². The van der Waals surface area contributed by atoms with Crippen LogP contribution in [0.15, 0.2) is 12.3 Å². The Balaban J connectivity index is 2.62. The zero-order valence-corrected chi connectivity index (χ0v) is 12.1. The highest BCUT2D eigenvalue weighted by atomic mass is 35.5. The number of carbonyl (C=O) groups excluding carboxylic acids is 1. The quantitative estimate of drug-likeness (QED) is 0.842. The number of rotatable bonds is 6. The minimum absolute atomic E-state index is 0.120. The van der Waals surface area contributed by atoms with Crippen molar-refractivity contribution >= 4 is 23.5 Å². The Morgan fingerprint density at radius 3 is 2.53 bits per heavy atom. The third kappa shape index (κ3) is 4.59. The van der Waals surface area contributed by atoms with Crippen LogP contribution < -0.4 is 5.32 Å². The molecule has 0 aliphatic carbocycles. The van der Waals surface area contributed by atoms with Crippen LogP contribution in [0.5, 0.6) is 0 Å². The summed E-state index contributed by atoms with van der Waals surface area (Å²) in [5.41, 5.74) is 0.415. The molecule has 0 radical (unpaired) electrons. The van der Waals surface area contributed by atoms with E-state index in [9.17, 15) is 9.59 Å². The number of aliphatic carboxylic acids is 1. The van der Waals surface area contributed by atoms with E-state index in [-0.39, 0.29) is 18.4 Å². The number of nitrogens with zero attached hydrogens (tertiary/aromatic N) is 1. The number of amides is 1. The molecule has 106 valence electrons. The van der Waals surface area contributed by atoms with Crippen LogP contribution in [0.4, 0.5) is 0 Å². The molecule has 1 rings (SSSR count). The molecular weight excluding hydrogens is 268 g/mol. The van der Waals surface area contributed by atoms with Crippen molar-refractivity contribution in [2.24, 2.45) is 18.9 Å². The van der Waals surface area contributed by atoms with Crippen molar-refractivity contribution in [1.82, 2.24) is 9.88 Å². The van der Waals surface area contributed by atoms with E-state index in [0.717, 1.165) is 0 Å². The fourth-order valence-electron chi connectivity index (χ4n) is 1.90. The smallest absolute Gasteiger partial charge is 0.308 e. The Morgan fingerprint density at radius 2 is 2.11 bits per heavy atom. The van der Waals surface area contributed by atoms with Crippen LogP contribution >= 0.6 is 11.6 Å². The number of hydrogen-bond donors (Lipinski definition) is 2. The van der Waals surface area contributed by atoms with Gasteiger partial charge in [-0.25, -0.2) is 0 Å². The third-order valence-corrected chi connectivity index (χ3v) is 3.03. The van der Waals surface area contributed by atoms with Crippen LogP contribution in [-0.4, -0.2) is 28.1 Å². The molecule has 1 aromatic rings. The number of hydrogen-bond acceptors (Lipinski definition) is 2. The van der Waals surface area contributed by atoms with E-state index in [1.807, 2.05) is 13.8 Å². The van der Waals surface area contributed by atoms with Gasteiger partial charge in [-0.3, -0.25) is 9.59 Å². The molecule has 0 aliphatic rings. The largest absolute Gasteiger partial charge is 0.481 e. The number of nitrogens with one attached hydrogen (secondary N) is 1. The average Bonchev–Trinajstić information content (AvgIpc) is 2.62. The first-order valence-electron chi connectivity index (χ1n) is 6.14. The van der Waals surface area contributed by atoms with Gasteiger partial charge in [0.05, 0.1) is 10.9 Å². The van der Waals surface area contributed by atoms with Gasteiger partial charge in [0, 0.05) is 19.8 Å². The topological polar surface area (TPSA) is 71.3 Å². The second-order valence-corrected chi connectivity index (χ2v) is 5.47. The molecule has 1 unspecified atom stereocenters. The Labute approximate surface area is 117 Å². The van der Waals surface area contributed by atoms with Crippen molar-refractivity contribution in [1.29, 1.82) is 0 Å². The number of aromatic nitrogens is 1. The Morgan fingerprint density at radius 1 is 1.47 bits per heavy atom. The van der Waals surface area contributed by atoms with E-state index in [1.165, 1.54) is 0 Å². The maximum absolute atomic E-state index is 11.9. The molecule has 2 N–H and O–H groups in total. The maximum Gasteiger partial charge on any atom is 0.308 e. The average molecular weight is 287 g/mol. The highest BCUT2D eigenvalue weighted by Crippen LogP contribution is 2.14. The highest BCUT2D eigenvalue weighted by molar-refractivity contribution is 6.31. The van der Waals surface area contributed by atoms with Gasteiger partial charge >= 0.3 is 5.97 Å². The first-order chi connectivity index (χ1) is 8.81. The SMILES string of the molecule is CC(C)CC(CNC(=O)c1cc(Cl)cn1C)C(=O)O. The van der Waals surface area contributed by atoms with Gasteiger partial charge < -0.3 is 15.0 Å². The molecule has 0 aliphatic heterocycles. The number of halogens is 1. The summed E-state index contributed by atoms with van der Waals surface area (Å²) in [4.78, 5) is 23.0. The molecule has 0 fully saturated rings. The van der Waals surface area contributed by atoms with Gasteiger partial charge in [0.2, 0.25) is 0 Å².